The van der Waals surface area contributed by atoms with Crippen molar-refractivity contribution in [3.05, 3.63) is 76.5 Å². The number of nitrogens with zero attached hydrogens (tertiary/aromatic N) is 1. The first-order valence-corrected chi connectivity index (χ1v) is 9.73. The Morgan fingerprint density at radius 2 is 1.83 bits per heavy atom. The lowest BCUT2D eigenvalue weighted by atomic mass is 10.1. The van der Waals surface area contributed by atoms with E-state index in [-0.39, 0.29) is 17.3 Å². The summed E-state index contributed by atoms with van der Waals surface area (Å²) < 4.78 is 5.12. The lowest BCUT2D eigenvalue weighted by Crippen LogP contribution is -2.34. The third-order valence-electron chi connectivity index (χ3n) is 4.38. The molecule has 0 aliphatic carbocycles. The summed E-state index contributed by atoms with van der Waals surface area (Å²) in [5.41, 5.74) is 1.83. The molecule has 0 radical (unpaired) electrons. The Hall–Kier alpha value is -3.12. The van der Waals surface area contributed by atoms with Gasteiger partial charge in [0.1, 0.15) is 10.7 Å². The molecule has 1 N–H and O–H groups in total. The summed E-state index contributed by atoms with van der Waals surface area (Å²) in [6.07, 6.45) is 1.26. The predicted molar refractivity (Wildman–Crippen MR) is 110 cm³/mol. The maximum absolute atomic E-state index is 12.7. The third-order valence-corrected chi connectivity index (χ3v) is 4.73. The Balaban J connectivity index is 1.70. The van der Waals surface area contributed by atoms with E-state index in [0.29, 0.717) is 24.3 Å². The van der Waals surface area contributed by atoms with Crippen molar-refractivity contribution in [3.8, 4) is 0 Å². The Labute approximate surface area is 174 Å². The quantitative estimate of drug-likeness (QED) is 0.528. The van der Waals surface area contributed by atoms with E-state index in [1.165, 1.54) is 0 Å². The summed E-state index contributed by atoms with van der Waals surface area (Å²) in [5, 5.41) is 2.71. The van der Waals surface area contributed by atoms with Crippen LogP contribution in [0.2, 0.25) is 0 Å². The molecule has 2 amide bonds. The highest BCUT2D eigenvalue weighted by atomic mass is 35.5. The van der Waals surface area contributed by atoms with Crippen LogP contribution in [0.5, 0.6) is 0 Å². The van der Waals surface area contributed by atoms with Crippen molar-refractivity contribution in [2.75, 3.05) is 18.5 Å². The lowest BCUT2D eigenvalue weighted by Gasteiger charge is -2.15. The Morgan fingerprint density at radius 3 is 2.55 bits per heavy atom. The molecule has 1 heterocycles. The Morgan fingerprint density at radius 1 is 1.07 bits per heavy atom. The molecule has 29 heavy (non-hydrogen) atoms. The minimum atomic E-state index is -0.534. The maximum Gasteiger partial charge on any atom is 0.338 e. The van der Waals surface area contributed by atoms with Gasteiger partial charge in [0.05, 0.1) is 12.2 Å². The highest BCUT2D eigenvalue weighted by molar-refractivity contribution is 6.48. The maximum atomic E-state index is 12.7. The van der Waals surface area contributed by atoms with Gasteiger partial charge in [-0.05, 0) is 36.6 Å². The van der Waals surface area contributed by atoms with E-state index in [9.17, 15) is 14.4 Å². The van der Waals surface area contributed by atoms with E-state index >= 15 is 0 Å². The van der Waals surface area contributed by atoms with Gasteiger partial charge < -0.3 is 10.1 Å². The van der Waals surface area contributed by atoms with E-state index in [4.69, 9.17) is 16.3 Å². The molecule has 0 aromatic heterocycles. The first-order chi connectivity index (χ1) is 14.0. The van der Waals surface area contributed by atoms with Gasteiger partial charge >= 0.3 is 5.97 Å². The molecule has 0 saturated heterocycles. The van der Waals surface area contributed by atoms with Crippen molar-refractivity contribution in [2.45, 2.75) is 19.8 Å². The van der Waals surface area contributed by atoms with Gasteiger partial charge in [-0.2, -0.15) is 0 Å². The smallest absolute Gasteiger partial charge is 0.338 e. The number of hydrogen-bond acceptors (Lipinski definition) is 5. The van der Waals surface area contributed by atoms with Crippen LogP contribution in [0.4, 0.5) is 5.69 Å². The Bertz CT molecular complexity index is 956. The number of carbonyl (C=O) groups excluding carboxylic acids is 3. The van der Waals surface area contributed by atoms with Gasteiger partial charge in [-0.1, -0.05) is 54.9 Å². The van der Waals surface area contributed by atoms with Gasteiger partial charge in [-0.3, -0.25) is 14.5 Å². The van der Waals surface area contributed by atoms with Crippen molar-refractivity contribution >= 4 is 35.1 Å². The van der Waals surface area contributed by atoms with E-state index in [0.717, 1.165) is 16.9 Å². The fourth-order valence-electron chi connectivity index (χ4n) is 2.89. The summed E-state index contributed by atoms with van der Waals surface area (Å²) in [7, 11) is 0. The zero-order valence-electron chi connectivity index (χ0n) is 16.0. The number of anilines is 1. The number of esters is 1. The molecular weight excluding hydrogens is 392 g/mol. The summed E-state index contributed by atoms with van der Waals surface area (Å²) in [4.78, 5) is 38.3. The zero-order valence-corrected chi connectivity index (χ0v) is 16.7. The molecule has 0 spiro atoms. The number of hydrogen-bond donors (Lipinski definition) is 1. The summed E-state index contributed by atoms with van der Waals surface area (Å²) in [5.74, 6) is -1.47. The average molecular weight is 413 g/mol. The van der Waals surface area contributed by atoms with E-state index in [2.05, 4.69) is 5.32 Å². The normalized spacial score (nSPS) is 13.8. The second-order valence-electron chi connectivity index (χ2n) is 6.53. The van der Waals surface area contributed by atoms with Gasteiger partial charge in [0.15, 0.2) is 0 Å². The van der Waals surface area contributed by atoms with Crippen LogP contribution in [-0.2, 0) is 20.7 Å². The van der Waals surface area contributed by atoms with Crippen LogP contribution in [0.3, 0.4) is 0 Å². The van der Waals surface area contributed by atoms with Crippen LogP contribution >= 0.6 is 11.6 Å². The molecule has 1 aliphatic heterocycles. The Kier molecular flexibility index (Phi) is 6.67. The van der Waals surface area contributed by atoms with Crippen molar-refractivity contribution in [3.63, 3.8) is 0 Å². The second-order valence-corrected chi connectivity index (χ2v) is 6.91. The third kappa shape index (κ3) is 4.84. The number of ether oxygens (including phenoxy) is 1. The first-order valence-electron chi connectivity index (χ1n) is 9.35. The monoisotopic (exact) mass is 412 g/mol. The van der Waals surface area contributed by atoms with Crippen LogP contribution in [0.15, 0.2) is 65.3 Å². The standard InChI is InChI=1S/C22H21ClN2O4/c1-2-13-29-22(28)16-9-6-10-17(14-16)24-19-18(23)20(26)25(21(19)27)12-11-15-7-4-3-5-8-15/h3-10,14,24H,2,11-13H2,1H3. The topological polar surface area (TPSA) is 75.7 Å². The molecule has 6 nitrogen and oxygen atoms in total. The molecule has 7 heteroatoms. The van der Waals surface area contributed by atoms with Crippen molar-refractivity contribution < 1.29 is 19.1 Å². The molecule has 0 saturated carbocycles. The van der Waals surface area contributed by atoms with Crippen molar-refractivity contribution in [2.24, 2.45) is 0 Å². The summed E-state index contributed by atoms with van der Waals surface area (Å²) >= 11 is 6.13. The minimum Gasteiger partial charge on any atom is -0.462 e. The number of nitrogens with one attached hydrogen (secondary N) is 1. The largest absolute Gasteiger partial charge is 0.462 e. The molecule has 1 aliphatic rings. The number of halogens is 1. The van der Waals surface area contributed by atoms with Crippen molar-refractivity contribution in [1.82, 2.24) is 4.90 Å². The predicted octanol–water partition coefficient (Wildman–Crippen LogP) is 3.73. The van der Waals surface area contributed by atoms with E-state index in [1.807, 2.05) is 37.3 Å². The highest BCUT2D eigenvalue weighted by Gasteiger charge is 2.37. The number of amides is 2. The molecule has 150 valence electrons. The molecule has 0 bridgehead atoms. The number of imide groups is 1. The van der Waals surface area contributed by atoms with Crippen LogP contribution in [0.1, 0.15) is 29.3 Å². The fourth-order valence-corrected chi connectivity index (χ4v) is 3.12. The fraction of sp³-hybridized carbons (Fsp3) is 0.227. The molecule has 2 aromatic rings. The number of benzene rings is 2. The zero-order chi connectivity index (χ0) is 20.8. The van der Waals surface area contributed by atoms with Gasteiger partial charge in [-0.25, -0.2) is 4.79 Å². The number of rotatable bonds is 8. The lowest BCUT2D eigenvalue weighted by molar-refractivity contribution is -0.137. The SMILES string of the molecule is CCCOC(=O)c1cccc(NC2=C(Cl)C(=O)N(CCc3ccccc3)C2=O)c1. The van der Waals surface area contributed by atoms with Gasteiger partial charge in [-0.15, -0.1) is 0 Å². The molecule has 0 unspecified atom stereocenters. The molecule has 3 rings (SSSR count). The van der Waals surface area contributed by atoms with Crippen LogP contribution < -0.4 is 5.32 Å². The highest BCUT2D eigenvalue weighted by Crippen LogP contribution is 2.26. The molecule has 0 atom stereocenters. The number of carbonyl (C=O) groups is 3. The summed E-state index contributed by atoms with van der Waals surface area (Å²) in [6.45, 7) is 2.47. The summed E-state index contributed by atoms with van der Waals surface area (Å²) in [6, 6.07) is 16.1. The van der Waals surface area contributed by atoms with E-state index in [1.54, 1.807) is 24.3 Å². The minimum absolute atomic E-state index is 0.00352. The second kappa shape index (κ2) is 9.39. The first kappa shape index (κ1) is 20.6. The van der Waals surface area contributed by atoms with Gasteiger partial charge in [0.25, 0.3) is 11.8 Å². The van der Waals surface area contributed by atoms with Gasteiger partial charge in [0, 0.05) is 12.2 Å². The average Bonchev–Trinajstić information content (AvgIpc) is 2.94. The van der Waals surface area contributed by atoms with Crippen LogP contribution in [0, 0.1) is 0 Å². The molecule has 2 aromatic carbocycles. The van der Waals surface area contributed by atoms with Crippen LogP contribution in [0.25, 0.3) is 0 Å². The molecular formula is C22H21ClN2O4. The molecule has 0 fully saturated rings. The van der Waals surface area contributed by atoms with Crippen molar-refractivity contribution in [1.29, 1.82) is 0 Å². The van der Waals surface area contributed by atoms with Crippen LogP contribution in [-0.4, -0.2) is 35.8 Å². The van der Waals surface area contributed by atoms with Gasteiger partial charge in [0.2, 0.25) is 0 Å². The van der Waals surface area contributed by atoms with E-state index < -0.39 is 17.8 Å².